The van der Waals surface area contributed by atoms with Crippen LogP contribution in [-0.4, -0.2) is 25.0 Å². The molecule has 1 N–H and O–H groups in total. The molecule has 0 bridgehead atoms. The lowest BCUT2D eigenvalue weighted by Gasteiger charge is -2.30. The van der Waals surface area contributed by atoms with E-state index in [1.807, 2.05) is 0 Å². The Hall–Kier alpha value is -1.67. The van der Waals surface area contributed by atoms with Crippen LogP contribution in [0.4, 0.5) is 4.39 Å². The number of hydrogen-bond donors (Lipinski definition) is 1. The second-order valence-corrected chi connectivity index (χ2v) is 6.53. The molecule has 3 rings (SSSR count). The third-order valence-electron chi connectivity index (χ3n) is 3.94. The predicted octanol–water partition coefficient (Wildman–Crippen LogP) is 4.28. The molecule has 2 aromatic rings. The number of benzene rings is 2. The number of carbonyl (C=O) groups is 1. The van der Waals surface area contributed by atoms with E-state index in [1.165, 1.54) is 7.11 Å². The average molecular weight is 432 g/mol. The van der Waals surface area contributed by atoms with Crippen molar-refractivity contribution in [3.05, 3.63) is 62.8 Å². The molecule has 0 saturated carbocycles. The summed E-state index contributed by atoms with van der Waals surface area (Å²) in [6.45, 7) is -0.184. The summed E-state index contributed by atoms with van der Waals surface area (Å²) >= 11 is 9.19. The third-order valence-corrected chi connectivity index (χ3v) is 5.36. The van der Waals surface area contributed by atoms with Crippen LogP contribution in [0, 0.1) is 5.82 Å². The highest BCUT2D eigenvalue weighted by Crippen LogP contribution is 2.55. The summed E-state index contributed by atoms with van der Waals surface area (Å²) in [5.41, 5.74) is -1.24. The third kappa shape index (κ3) is 2.81. The van der Waals surface area contributed by atoms with Gasteiger partial charge in [-0.15, -0.1) is 0 Å². The molecule has 2 aromatic carbocycles. The first-order valence-corrected chi connectivity index (χ1v) is 8.36. The van der Waals surface area contributed by atoms with Gasteiger partial charge in [-0.3, -0.25) is 0 Å². The summed E-state index contributed by atoms with van der Waals surface area (Å²) in [7, 11) is 1.41. The normalized spacial score (nSPS) is 21.7. The Balaban J connectivity index is 2.25. The second-order valence-electron chi connectivity index (χ2n) is 5.36. The standard InChI is InChI=1S/C17H13BrClFO5/c1-23-8-24-15-12-11(7-10(20)14(19)13(12)18)25-17(15,16(21)22)9-5-3-2-4-6-9/h2-7,15H,8H2,1H3,(H,21,22). The van der Waals surface area contributed by atoms with Gasteiger partial charge in [0.2, 0.25) is 0 Å². The van der Waals surface area contributed by atoms with Gasteiger partial charge in [-0.05, 0) is 15.9 Å². The Kier molecular flexibility index (Phi) is 5.02. The summed E-state index contributed by atoms with van der Waals surface area (Å²) in [5.74, 6) is -1.97. The number of aliphatic carboxylic acids is 1. The maximum Gasteiger partial charge on any atom is 0.356 e. The van der Waals surface area contributed by atoms with Gasteiger partial charge in [-0.25, -0.2) is 9.18 Å². The number of hydrogen-bond acceptors (Lipinski definition) is 4. The molecule has 5 nitrogen and oxygen atoms in total. The van der Waals surface area contributed by atoms with Crippen molar-refractivity contribution >= 4 is 33.5 Å². The van der Waals surface area contributed by atoms with Crippen LogP contribution in [0.1, 0.15) is 17.2 Å². The zero-order chi connectivity index (χ0) is 18.2. The highest BCUT2D eigenvalue weighted by atomic mass is 79.9. The molecule has 2 atom stereocenters. The summed E-state index contributed by atoms with van der Waals surface area (Å²) < 4.78 is 30.5. The number of carboxylic acids is 1. The minimum atomic E-state index is -1.90. The molecule has 0 amide bonds. The van der Waals surface area contributed by atoms with Gasteiger partial charge in [0.15, 0.2) is 0 Å². The fourth-order valence-electron chi connectivity index (χ4n) is 2.86. The van der Waals surface area contributed by atoms with Crippen LogP contribution in [-0.2, 0) is 19.9 Å². The lowest BCUT2D eigenvalue weighted by molar-refractivity contribution is -0.179. The summed E-state index contributed by atoms with van der Waals surface area (Å²) in [6, 6.07) is 9.38. The van der Waals surface area contributed by atoms with Crippen LogP contribution in [0.25, 0.3) is 0 Å². The fourth-order valence-corrected chi connectivity index (χ4v) is 3.61. The van der Waals surface area contributed by atoms with Gasteiger partial charge >= 0.3 is 5.97 Å². The van der Waals surface area contributed by atoms with E-state index in [0.717, 1.165) is 6.07 Å². The number of fused-ring (bicyclic) bond motifs is 1. The molecule has 0 aromatic heterocycles. The Labute approximate surface area is 156 Å². The van der Waals surface area contributed by atoms with Gasteiger partial charge in [-0.2, -0.15) is 0 Å². The lowest BCUT2D eigenvalue weighted by atomic mass is 9.86. The van der Waals surface area contributed by atoms with Gasteiger partial charge in [0.1, 0.15) is 24.5 Å². The van der Waals surface area contributed by atoms with Crippen LogP contribution in [0.15, 0.2) is 40.9 Å². The monoisotopic (exact) mass is 430 g/mol. The van der Waals surface area contributed by atoms with Crippen LogP contribution in [0.2, 0.25) is 5.02 Å². The molecule has 0 radical (unpaired) electrons. The molecular formula is C17H13BrClFO5. The number of rotatable bonds is 5. The van der Waals surface area contributed by atoms with Gasteiger partial charge in [0.05, 0.1) is 5.02 Å². The van der Waals surface area contributed by atoms with E-state index in [-0.39, 0.29) is 22.0 Å². The maximum absolute atomic E-state index is 14.0. The van der Waals surface area contributed by atoms with Crippen LogP contribution in [0.3, 0.4) is 0 Å². The van der Waals surface area contributed by atoms with E-state index in [0.29, 0.717) is 11.1 Å². The van der Waals surface area contributed by atoms with Crippen molar-refractivity contribution in [2.45, 2.75) is 11.7 Å². The molecule has 0 fully saturated rings. The Morgan fingerprint density at radius 2 is 2.12 bits per heavy atom. The summed E-state index contributed by atoms with van der Waals surface area (Å²) in [4.78, 5) is 12.3. The van der Waals surface area contributed by atoms with Crippen LogP contribution >= 0.6 is 27.5 Å². The fraction of sp³-hybridized carbons (Fsp3) is 0.235. The van der Waals surface area contributed by atoms with E-state index in [2.05, 4.69) is 15.9 Å². The minimum Gasteiger partial charge on any atom is -0.478 e. The van der Waals surface area contributed by atoms with E-state index < -0.39 is 23.5 Å². The molecule has 1 heterocycles. The zero-order valence-electron chi connectivity index (χ0n) is 13.0. The zero-order valence-corrected chi connectivity index (χ0v) is 15.3. The molecule has 0 aliphatic carbocycles. The van der Waals surface area contributed by atoms with E-state index in [9.17, 15) is 14.3 Å². The molecule has 0 saturated heterocycles. The van der Waals surface area contributed by atoms with Crippen molar-refractivity contribution in [1.29, 1.82) is 0 Å². The first kappa shape index (κ1) is 18.1. The smallest absolute Gasteiger partial charge is 0.356 e. The van der Waals surface area contributed by atoms with Crippen molar-refractivity contribution in [2.24, 2.45) is 0 Å². The molecule has 1 aliphatic rings. The molecule has 1 aliphatic heterocycles. The Morgan fingerprint density at radius 3 is 2.72 bits per heavy atom. The van der Waals surface area contributed by atoms with Crippen molar-refractivity contribution < 1.29 is 28.5 Å². The van der Waals surface area contributed by atoms with E-state index in [4.69, 9.17) is 25.8 Å². The summed E-state index contributed by atoms with van der Waals surface area (Å²) in [5, 5.41) is 9.82. The van der Waals surface area contributed by atoms with Crippen molar-refractivity contribution in [3.8, 4) is 5.75 Å². The second kappa shape index (κ2) is 6.92. The van der Waals surface area contributed by atoms with Crippen LogP contribution in [0.5, 0.6) is 5.75 Å². The van der Waals surface area contributed by atoms with Gasteiger partial charge in [0, 0.05) is 28.8 Å². The lowest BCUT2D eigenvalue weighted by Crippen LogP contribution is -2.44. The first-order chi connectivity index (χ1) is 11.9. The van der Waals surface area contributed by atoms with Crippen molar-refractivity contribution in [3.63, 3.8) is 0 Å². The van der Waals surface area contributed by atoms with Crippen LogP contribution < -0.4 is 4.74 Å². The van der Waals surface area contributed by atoms with Gasteiger partial charge in [-0.1, -0.05) is 41.9 Å². The average Bonchev–Trinajstić information content (AvgIpc) is 2.94. The van der Waals surface area contributed by atoms with Gasteiger partial charge in [0.25, 0.3) is 5.60 Å². The Bertz CT molecular complexity index is 816. The topological polar surface area (TPSA) is 65.0 Å². The first-order valence-electron chi connectivity index (χ1n) is 7.19. The number of halogens is 3. The van der Waals surface area contributed by atoms with Crippen molar-refractivity contribution in [2.75, 3.05) is 13.9 Å². The molecule has 8 heteroatoms. The molecular weight excluding hydrogens is 419 g/mol. The van der Waals surface area contributed by atoms with Gasteiger partial charge < -0.3 is 19.3 Å². The molecule has 132 valence electrons. The minimum absolute atomic E-state index is 0.0427. The number of ether oxygens (including phenoxy) is 3. The van der Waals surface area contributed by atoms with E-state index >= 15 is 0 Å². The summed E-state index contributed by atoms with van der Waals surface area (Å²) in [6.07, 6.45) is -1.10. The maximum atomic E-state index is 14.0. The largest absolute Gasteiger partial charge is 0.478 e. The molecule has 0 spiro atoms. The number of carboxylic acid groups (broad SMARTS) is 1. The number of methoxy groups -OCH3 is 1. The predicted molar refractivity (Wildman–Crippen MR) is 91.2 cm³/mol. The van der Waals surface area contributed by atoms with Crippen molar-refractivity contribution in [1.82, 2.24) is 0 Å². The highest BCUT2D eigenvalue weighted by Gasteiger charge is 2.58. The quantitative estimate of drug-likeness (QED) is 0.566. The SMILES string of the molecule is COCOC1c2c(cc(F)c(Cl)c2Br)OC1(C(=O)O)c1ccccc1. The highest BCUT2D eigenvalue weighted by molar-refractivity contribution is 9.10. The Morgan fingerprint density at radius 1 is 1.44 bits per heavy atom. The molecule has 25 heavy (non-hydrogen) atoms. The van der Waals surface area contributed by atoms with E-state index in [1.54, 1.807) is 30.3 Å². The molecule has 2 unspecified atom stereocenters.